The number of nitrogens with one attached hydrogen (secondary N) is 1. The van der Waals surface area contributed by atoms with E-state index < -0.39 is 0 Å². The molecule has 1 heterocycles. The van der Waals surface area contributed by atoms with Crippen molar-refractivity contribution in [2.24, 2.45) is 0 Å². The van der Waals surface area contributed by atoms with Crippen LogP contribution in [-0.2, 0) is 11.4 Å². The van der Waals surface area contributed by atoms with E-state index in [1.165, 1.54) is 29.5 Å². The van der Waals surface area contributed by atoms with E-state index in [1.807, 2.05) is 47.8 Å². The Morgan fingerprint density at radius 2 is 1.85 bits per heavy atom. The van der Waals surface area contributed by atoms with Crippen molar-refractivity contribution in [2.75, 3.05) is 12.4 Å². The quantitative estimate of drug-likeness (QED) is 0.319. The Morgan fingerprint density at radius 3 is 2.61 bits per heavy atom. The molecule has 4 aromatic rings. The summed E-state index contributed by atoms with van der Waals surface area (Å²) in [7, 11) is 1.58. The summed E-state index contributed by atoms with van der Waals surface area (Å²) >= 11 is 1.30. The van der Waals surface area contributed by atoms with Gasteiger partial charge in [0.05, 0.1) is 12.8 Å². The summed E-state index contributed by atoms with van der Waals surface area (Å²) in [6.07, 6.45) is 3.12. The number of methoxy groups -OCH3 is 1. The van der Waals surface area contributed by atoms with Gasteiger partial charge in [-0.15, -0.1) is 11.3 Å². The standard InChI is InChI=1S/C26H21FN2O3S/c1-31-24-15-18(7-13-23(24)32-16-19-5-3-2-4-6-19)8-14-25(30)29-26-28-22(17-33-26)20-9-11-21(27)12-10-20/h2-15,17H,16H2,1H3,(H,28,29,30)/b14-8+. The monoisotopic (exact) mass is 460 g/mol. The highest BCUT2D eigenvalue weighted by molar-refractivity contribution is 7.14. The molecule has 1 aromatic heterocycles. The predicted octanol–water partition coefficient (Wildman–Crippen LogP) is 6.19. The number of carbonyl (C=O) groups excluding carboxylic acids is 1. The van der Waals surface area contributed by atoms with Gasteiger partial charge in [0.2, 0.25) is 5.91 Å². The van der Waals surface area contributed by atoms with Crippen molar-refractivity contribution in [3.63, 3.8) is 0 Å². The summed E-state index contributed by atoms with van der Waals surface area (Å²) < 4.78 is 24.4. The maximum absolute atomic E-state index is 13.1. The molecule has 0 spiro atoms. The molecule has 3 aromatic carbocycles. The van der Waals surface area contributed by atoms with Gasteiger partial charge in [-0.3, -0.25) is 10.1 Å². The summed E-state index contributed by atoms with van der Waals surface area (Å²) in [5, 5.41) is 5.02. The summed E-state index contributed by atoms with van der Waals surface area (Å²) in [5.41, 5.74) is 3.31. The van der Waals surface area contributed by atoms with Crippen molar-refractivity contribution < 1.29 is 18.7 Å². The minimum atomic E-state index is -0.307. The van der Waals surface area contributed by atoms with E-state index >= 15 is 0 Å². The van der Waals surface area contributed by atoms with Crippen LogP contribution in [0.2, 0.25) is 0 Å². The topological polar surface area (TPSA) is 60.5 Å². The van der Waals surface area contributed by atoms with Crippen LogP contribution in [0, 0.1) is 5.82 Å². The zero-order valence-corrected chi connectivity index (χ0v) is 18.6. The zero-order valence-electron chi connectivity index (χ0n) is 17.8. The molecule has 0 saturated carbocycles. The number of benzene rings is 3. The number of nitrogens with zero attached hydrogens (tertiary/aromatic N) is 1. The number of hydrogen-bond acceptors (Lipinski definition) is 5. The maximum atomic E-state index is 13.1. The van der Waals surface area contributed by atoms with Crippen molar-refractivity contribution in [3.8, 4) is 22.8 Å². The largest absolute Gasteiger partial charge is 0.493 e. The van der Waals surface area contributed by atoms with Gasteiger partial charge < -0.3 is 9.47 Å². The molecule has 0 aliphatic rings. The number of thiazole rings is 1. The molecule has 0 aliphatic heterocycles. The average Bonchev–Trinajstić information content (AvgIpc) is 3.31. The Balaban J connectivity index is 1.37. The fourth-order valence-electron chi connectivity index (χ4n) is 3.05. The third kappa shape index (κ3) is 6.05. The summed E-state index contributed by atoms with van der Waals surface area (Å²) in [6.45, 7) is 0.433. The smallest absolute Gasteiger partial charge is 0.250 e. The highest BCUT2D eigenvalue weighted by Gasteiger charge is 2.08. The van der Waals surface area contributed by atoms with Crippen molar-refractivity contribution >= 4 is 28.5 Å². The van der Waals surface area contributed by atoms with E-state index in [4.69, 9.17) is 9.47 Å². The Labute approximate surface area is 195 Å². The minimum Gasteiger partial charge on any atom is -0.493 e. The third-order valence-electron chi connectivity index (χ3n) is 4.73. The fraction of sp³-hybridized carbons (Fsp3) is 0.0769. The highest BCUT2D eigenvalue weighted by atomic mass is 32.1. The Kier molecular flexibility index (Phi) is 7.12. The van der Waals surface area contributed by atoms with Crippen LogP contribution < -0.4 is 14.8 Å². The molecule has 5 nitrogen and oxygen atoms in total. The van der Waals surface area contributed by atoms with Gasteiger partial charge in [0, 0.05) is 17.0 Å². The molecule has 0 saturated heterocycles. The number of aromatic nitrogens is 1. The number of halogens is 1. The average molecular weight is 461 g/mol. The van der Waals surface area contributed by atoms with Crippen LogP contribution in [0.5, 0.6) is 11.5 Å². The number of hydrogen-bond donors (Lipinski definition) is 1. The Hall–Kier alpha value is -3.97. The molecule has 33 heavy (non-hydrogen) atoms. The lowest BCUT2D eigenvalue weighted by atomic mass is 10.2. The number of rotatable bonds is 8. The number of anilines is 1. The molecular formula is C26H21FN2O3S. The van der Waals surface area contributed by atoms with Crippen LogP contribution in [0.1, 0.15) is 11.1 Å². The van der Waals surface area contributed by atoms with Crippen LogP contribution in [-0.4, -0.2) is 18.0 Å². The van der Waals surface area contributed by atoms with Gasteiger partial charge >= 0.3 is 0 Å². The zero-order chi connectivity index (χ0) is 23.0. The van der Waals surface area contributed by atoms with Gasteiger partial charge in [-0.2, -0.15) is 0 Å². The van der Waals surface area contributed by atoms with Gasteiger partial charge in [-0.25, -0.2) is 9.37 Å². The van der Waals surface area contributed by atoms with E-state index in [2.05, 4.69) is 10.3 Å². The van der Waals surface area contributed by atoms with E-state index in [0.29, 0.717) is 28.9 Å². The molecular weight excluding hydrogens is 439 g/mol. The second kappa shape index (κ2) is 10.6. The van der Waals surface area contributed by atoms with Crippen molar-refractivity contribution in [1.29, 1.82) is 0 Å². The number of carbonyl (C=O) groups is 1. The first kappa shape index (κ1) is 22.2. The van der Waals surface area contributed by atoms with Crippen molar-refractivity contribution in [2.45, 2.75) is 6.61 Å². The van der Waals surface area contributed by atoms with Crippen LogP contribution in [0.25, 0.3) is 17.3 Å². The van der Waals surface area contributed by atoms with Crippen LogP contribution in [0.3, 0.4) is 0 Å². The number of ether oxygens (including phenoxy) is 2. The summed E-state index contributed by atoms with van der Waals surface area (Å²) in [5.74, 6) is 0.592. The second-order valence-corrected chi connectivity index (χ2v) is 7.91. The summed E-state index contributed by atoms with van der Waals surface area (Å²) in [4.78, 5) is 16.7. The number of amides is 1. The van der Waals surface area contributed by atoms with Gasteiger partial charge in [-0.05, 0) is 53.6 Å². The molecule has 0 unspecified atom stereocenters. The lowest BCUT2D eigenvalue weighted by Crippen LogP contribution is -2.07. The Morgan fingerprint density at radius 1 is 1.06 bits per heavy atom. The lowest BCUT2D eigenvalue weighted by Gasteiger charge is -2.11. The first-order chi connectivity index (χ1) is 16.1. The van der Waals surface area contributed by atoms with Crippen molar-refractivity contribution in [1.82, 2.24) is 4.98 Å². The normalized spacial score (nSPS) is 10.8. The molecule has 0 bridgehead atoms. The van der Waals surface area contributed by atoms with Crippen LogP contribution in [0.4, 0.5) is 9.52 Å². The minimum absolute atomic E-state index is 0.305. The fourth-order valence-corrected chi connectivity index (χ4v) is 3.77. The SMILES string of the molecule is COc1cc(/C=C/C(=O)Nc2nc(-c3ccc(F)cc3)cs2)ccc1OCc1ccccc1. The third-order valence-corrected chi connectivity index (χ3v) is 5.48. The van der Waals surface area contributed by atoms with E-state index in [9.17, 15) is 9.18 Å². The first-order valence-corrected chi connectivity index (χ1v) is 11.0. The van der Waals surface area contributed by atoms with Gasteiger partial charge in [0.1, 0.15) is 12.4 Å². The molecule has 0 atom stereocenters. The summed E-state index contributed by atoms with van der Waals surface area (Å²) in [6, 6.07) is 21.4. The first-order valence-electron chi connectivity index (χ1n) is 10.2. The van der Waals surface area contributed by atoms with E-state index in [-0.39, 0.29) is 11.7 Å². The Bertz CT molecular complexity index is 1250. The predicted molar refractivity (Wildman–Crippen MR) is 129 cm³/mol. The van der Waals surface area contributed by atoms with Crippen LogP contribution in [0.15, 0.2) is 84.3 Å². The lowest BCUT2D eigenvalue weighted by molar-refractivity contribution is -0.111. The maximum Gasteiger partial charge on any atom is 0.250 e. The second-order valence-electron chi connectivity index (χ2n) is 7.05. The molecule has 166 valence electrons. The van der Waals surface area contributed by atoms with E-state index in [0.717, 1.165) is 16.7 Å². The molecule has 7 heteroatoms. The van der Waals surface area contributed by atoms with Gasteiger partial charge in [0.15, 0.2) is 16.6 Å². The molecule has 0 fully saturated rings. The molecule has 4 rings (SSSR count). The van der Waals surface area contributed by atoms with Gasteiger partial charge in [0.25, 0.3) is 0 Å². The molecule has 0 aliphatic carbocycles. The van der Waals surface area contributed by atoms with Crippen molar-refractivity contribution in [3.05, 3.63) is 101 Å². The molecule has 0 radical (unpaired) electrons. The molecule has 1 N–H and O–H groups in total. The highest BCUT2D eigenvalue weighted by Crippen LogP contribution is 2.29. The van der Waals surface area contributed by atoms with E-state index in [1.54, 1.807) is 31.4 Å². The molecule has 1 amide bonds. The van der Waals surface area contributed by atoms with Crippen LogP contribution >= 0.6 is 11.3 Å². The van der Waals surface area contributed by atoms with Gasteiger partial charge in [-0.1, -0.05) is 36.4 Å².